The first-order valence-electron chi connectivity index (χ1n) is 4.42. The van der Waals surface area contributed by atoms with Crippen LogP contribution in [0.4, 0.5) is 22.0 Å². The number of alkyl halides is 5. The summed E-state index contributed by atoms with van der Waals surface area (Å²) >= 11 is 5.36. The number of ether oxygens (including phenoxy) is 1. The van der Waals surface area contributed by atoms with Crippen LogP contribution in [0.15, 0.2) is 18.2 Å². The van der Waals surface area contributed by atoms with Crippen LogP contribution < -0.4 is 0 Å². The molecule has 0 saturated carbocycles. The largest absolute Gasteiger partial charge is 0.458 e. The highest BCUT2D eigenvalue weighted by molar-refractivity contribution is 6.31. The van der Waals surface area contributed by atoms with Crippen molar-refractivity contribution in [3.63, 3.8) is 0 Å². The van der Waals surface area contributed by atoms with Gasteiger partial charge in [0.05, 0.1) is 5.02 Å². The highest BCUT2D eigenvalue weighted by atomic mass is 35.5. The summed E-state index contributed by atoms with van der Waals surface area (Å²) in [6.45, 7) is 0.765. The van der Waals surface area contributed by atoms with E-state index in [1.807, 2.05) is 0 Å². The molecule has 0 atom stereocenters. The van der Waals surface area contributed by atoms with Crippen molar-refractivity contribution in [2.24, 2.45) is 0 Å². The third kappa shape index (κ3) is 2.90. The second-order valence-corrected chi connectivity index (χ2v) is 3.67. The highest BCUT2D eigenvalue weighted by Gasteiger charge is 2.59. The number of carbonyl (C=O) groups excluding carboxylic acids is 1. The van der Waals surface area contributed by atoms with Gasteiger partial charge in [-0.3, -0.25) is 0 Å². The lowest BCUT2D eigenvalue weighted by molar-refractivity contribution is -0.289. The molecule has 18 heavy (non-hydrogen) atoms. The standard InChI is InChI=1S/C10H5ClF5O2/c11-8-3-6(4-18-5-17)1-2-7(8)9(12,13)10(14,15)16/h1-3H,4H2. The molecule has 1 aromatic rings. The highest BCUT2D eigenvalue weighted by Crippen LogP contribution is 2.46. The molecule has 2 nitrogen and oxygen atoms in total. The zero-order valence-corrected chi connectivity index (χ0v) is 9.28. The normalized spacial score (nSPS) is 12.3. The van der Waals surface area contributed by atoms with Gasteiger partial charge in [0.15, 0.2) is 0 Å². The third-order valence-electron chi connectivity index (χ3n) is 2.03. The maximum absolute atomic E-state index is 13.0. The summed E-state index contributed by atoms with van der Waals surface area (Å²) in [5.41, 5.74) is -1.18. The van der Waals surface area contributed by atoms with Crippen LogP contribution in [0.5, 0.6) is 0 Å². The van der Waals surface area contributed by atoms with Crippen molar-refractivity contribution in [3.05, 3.63) is 34.3 Å². The van der Waals surface area contributed by atoms with Crippen LogP contribution in [-0.4, -0.2) is 12.6 Å². The van der Waals surface area contributed by atoms with Crippen molar-refractivity contribution in [1.82, 2.24) is 0 Å². The fourth-order valence-electron chi connectivity index (χ4n) is 1.17. The summed E-state index contributed by atoms with van der Waals surface area (Å²) in [5.74, 6) is -5.04. The van der Waals surface area contributed by atoms with Crippen molar-refractivity contribution in [3.8, 4) is 0 Å². The molecule has 1 aromatic carbocycles. The summed E-state index contributed by atoms with van der Waals surface area (Å²) in [5, 5.41) is -0.760. The summed E-state index contributed by atoms with van der Waals surface area (Å²) in [6, 6.07) is 2.37. The first-order valence-corrected chi connectivity index (χ1v) is 4.80. The molecule has 0 amide bonds. The van der Waals surface area contributed by atoms with Gasteiger partial charge in [-0.1, -0.05) is 23.7 Å². The Labute approximate surface area is 103 Å². The quantitative estimate of drug-likeness (QED) is 0.791. The molecule has 0 aliphatic heterocycles. The summed E-state index contributed by atoms with van der Waals surface area (Å²) in [6.07, 6.45) is -5.73. The average molecular weight is 288 g/mol. The van der Waals surface area contributed by atoms with E-state index in [1.54, 1.807) is 0 Å². The Morgan fingerprint density at radius 2 is 1.83 bits per heavy atom. The Hall–Kier alpha value is -1.37. The lowest BCUT2D eigenvalue weighted by Crippen LogP contribution is -2.33. The fraction of sp³-hybridized carbons (Fsp3) is 0.300. The Morgan fingerprint density at radius 1 is 1.22 bits per heavy atom. The number of hydrogen-bond acceptors (Lipinski definition) is 2. The van der Waals surface area contributed by atoms with Gasteiger partial charge in [-0.15, -0.1) is 0 Å². The Balaban J connectivity index is 3.09. The molecular formula is C10H5ClF5O2. The van der Waals surface area contributed by atoms with E-state index in [1.165, 1.54) is 0 Å². The molecule has 0 heterocycles. The monoisotopic (exact) mass is 287 g/mol. The van der Waals surface area contributed by atoms with E-state index >= 15 is 0 Å². The van der Waals surface area contributed by atoms with Gasteiger partial charge < -0.3 is 4.74 Å². The van der Waals surface area contributed by atoms with Gasteiger partial charge in [-0.05, 0) is 11.6 Å². The van der Waals surface area contributed by atoms with E-state index < -0.39 is 22.7 Å². The second-order valence-electron chi connectivity index (χ2n) is 3.26. The summed E-state index contributed by atoms with van der Waals surface area (Å²) in [7, 11) is 0. The lowest BCUT2D eigenvalue weighted by Gasteiger charge is -2.21. The number of hydrogen-bond donors (Lipinski definition) is 0. The maximum Gasteiger partial charge on any atom is 0.458 e. The molecule has 0 aliphatic rings. The average Bonchev–Trinajstić information content (AvgIpc) is 2.24. The minimum Gasteiger partial charge on any atom is -0.452 e. The van der Waals surface area contributed by atoms with Gasteiger partial charge in [-0.25, -0.2) is 4.79 Å². The maximum atomic E-state index is 13.0. The van der Waals surface area contributed by atoms with Crippen LogP contribution in [0.2, 0.25) is 5.02 Å². The topological polar surface area (TPSA) is 26.3 Å². The molecule has 0 spiro atoms. The summed E-state index contributed by atoms with van der Waals surface area (Å²) < 4.78 is 66.6. The fourth-order valence-corrected chi connectivity index (χ4v) is 1.49. The Bertz CT molecular complexity index is 444. The van der Waals surface area contributed by atoms with Gasteiger partial charge in [0, 0.05) is 5.56 Å². The molecule has 0 aromatic heterocycles. The smallest absolute Gasteiger partial charge is 0.452 e. The van der Waals surface area contributed by atoms with Gasteiger partial charge in [0.25, 0.3) is 0 Å². The molecule has 8 heteroatoms. The molecule has 0 bridgehead atoms. The van der Waals surface area contributed by atoms with Crippen molar-refractivity contribution in [2.75, 3.05) is 0 Å². The van der Waals surface area contributed by atoms with E-state index in [4.69, 9.17) is 11.6 Å². The van der Waals surface area contributed by atoms with Gasteiger partial charge >= 0.3 is 18.6 Å². The molecule has 1 radical (unpaired) electrons. The molecule has 0 fully saturated rings. The summed E-state index contributed by atoms with van der Waals surface area (Å²) in [4.78, 5) is 9.77. The number of halogens is 6. The molecule has 0 aliphatic carbocycles. The SMILES string of the molecule is O=[C]OCc1ccc(C(F)(F)C(F)(F)F)c(Cl)c1. The van der Waals surface area contributed by atoms with Gasteiger partial charge in [-0.2, -0.15) is 22.0 Å². The minimum atomic E-state index is -5.73. The Morgan fingerprint density at radius 3 is 2.28 bits per heavy atom. The van der Waals surface area contributed by atoms with Gasteiger partial charge in [0.2, 0.25) is 0 Å². The molecule has 99 valence electrons. The number of benzene rings is 1. The lowest BCUT2D eigenvalue weighted by atomic mass is 10.1. The molecule has 0 saturated heterocycles. The molecule has 1 rings (SSSR count). The second kappa shape index (κ2) is 5.09. The predicted octanol–water partition coefficient (Wildman–Crippen LogP) is 3.58. The van der Waals surface area contributed by atoms with Crippen LogP contribution in [0.25, 0.3) is 0 Å². The van der Waals surface area contributed by atoms with Crippen LogP contribution in [-0.2, 0) is 22.1 Å². The first kappa shape index (κ1) is 14.7. The van der Waals surface area contributed by atoms with Crippen molar-refractivity contribution < 1.29 is 31.5 Å². The van der Waals surface area contributed by atoms with Crippen molar-refractivity contribution in [2.45, 2.75) is 18.7 Å². The van der Waals surface area contributed by atoms with Gasteiger partial charge in [0.1, 0.15) is 6.61 Å². The zero-order chi connectivity index (χ0) is 14.0. The molecular weight excluding hydrogens is 283 g/mol. The zero-order valence-electron chi connectivity index (χ0n) is 8.52. The molecule has 0 unspecified atom stereocenters. The molecule has 0 N–H and O–H groups in total. The van der Waals surface area contributed by atoms with E-state index in [9.17, 15) is 26.7 Å². The Kier molecular flexibility index (Phi) is 4.16. The van der Waals surface area contributed by atoms with Crippen LogP contribution in [0, 0.1) is 0 Å². The van der Waals surface area contributed by atoms with E-state index in [-0.39, 0.29) is 12.2 Å². The van der Waals surface area contributed by atoms with Crippen LogP contribution in [0.3, 0.4) is 0 Å². The van der Waals surface area contributed by atoms with E-state index in [2.05, 4.69) is 4.74 Å². The van der Waals surface area contributed by atoms with E-state index in [0.29, 0.717) is 6.07 Å². The van der Waals surface area contributed by atoms with Crippen molar-refractivity contribution >= 4 is 18.1 Å². The first-order chi connectivity index (χ1) is 8.20. The minimum absolute atomic E-state index is 0.171. The van der Waals surface area contributed by atoms with Crippen molar-refractivity contribution in [1.29, 1.82) is 0 Å². The van der Waals surface area contributed by atoms with Crippen LogP contribution >= 0.6 is 11.6 Å². The predicted molar refractivity (Wildman–Crippen MR) is 51.9 cm³/mol. The third-order valence-corrected chi connectivity index (χ3v) is 2.34. The number of rotatable bonds is 4. The van der Waals surface area contributed by atoms with Crippen LogP contribution in [0.1, 0.15) is 11.1 Å². The van der Waals surface area contributed by atoms with E-state index in [0.717, 1.165) is 18.6 Å².